The number of unbranched alkanes of at least 4 members (excludes halogenated alkanes) is 4. The molecule has 0 amide bonds. The lowest BCUT2D eigenvalue weighted by molar-refractivity contribution is -0.149. The zero-order chi connectivity index (χ0) is 14.9. The van der Waals surface area contributed by atoms with Crippen molar-refractivity contribution in [2.75, 3.05) is 0 Å². The minimum Gasteiger partial charge on any atom is -0.528 e. The Balaban J connectivity index is 4.41. The molecule has 19 heavy (non-hydrogen) atoms. The van der Waals surface area contributed by atoms with Crippen molar-refractivity contribution in [2.24, 2.45) is 5.41 Å². The fourth-order valence-corrected chi connectivity index (χ4v) is 3.91. The highest BCUT2D eigenvalue weighted by molar-refractivity contribution is 6.48. The third-order valence-electron chi connectivity index (χ3n) is 3.52. The predicted molar refractivity (Wildman–Crippen MR) is 86.9 cm³/mol. The summed E-state index contributed by atoms with van der Waals surface area (Å²) in [6, 6.07) is 0. The molecule has 0 aliphatic rings. The van der Waals surface area contributed by atoms with Crippen LogP contribution in [0.25, 0.3) is 0 Å². The van der Waals surface area contributed by atoms with Crippen LogP contribution in [0, 0.1) is 5.41 Å². The van der Waals surface area contributed by atoms with Gasteiger partial charge in [-0.05, 0) is 33.4 Å². The molecule has 0 saturated carbocycles. The lowest BCUT2D eigenvalue weighted by atomic mass is 9.84. The van der Waals surface area contributed by atoms with Crippen LogP contribution in [0.2, 0.25) is 13.1 Å². The average molecular weight is 305 g/mol. The van der Waals surface area contributed by atoms with Crippen molar-refractivity contribution in [3.05, 3.63) is 0 Å². The zero-order valence-corrected chi connectivity index (χ0v) is 16.8. The van der Waals surface area contributed by atoms with Gasteiger partial charge in [0.1, 0.15) is 0 Å². The molecule has 5 heteroatoms. The van der Waals surface area contributed by atoms with E-state index in [1.807, 2.05) is 13.8 Å². The number of hydrogen-bond acceptors (Lipinski definition) is 3. The van der Waals surface area contributed by atoms with Crippen LogP contribution in [-0.2, 0) is 13.6 Å². The van der Waals surface area contributed by atoms with Crippen LogP contribution >= 0.6 is 0 Å². The summed E-state index contributed by atoms with van der Waals surface area (Å²) >= 11 is 0. The van der Waals surface area contributed by atoms with E-state index in [0.29, 0.717) is 10.5 Å². The van der Waals surface area contributed by atoms with E-state index in [2.05, 4.69) is 20.0 Å². The molecule has 0 aromatic heterocycles. The summed E-state index contributed by atoms with van der Waals surface area (Å²) in [5, 5.41) is 0. The van der Waals surface area contributed by atoms with Crippen LogP contribution in [0.5, 0.6) is 0 Å². The molecule has 0 aromatic rings. The zero-order valence-electron chi connectivity index (χ0n) is 13.6. The van der Waals surface area contributed by atoms with Crippen LogP contribution in [0.1, 0.15) is 59.3 Å². The fourth-order valence-electron chi connectivity index (χ4n) is 2.26. The van der Waals surface area contributed by atoms with Gasteiger partial charge < -0.3 is 8.85 Å². The van der Waals surface area contributed by atoms with Crippen molar-refractivity contribution in [1.29, 1.82) is 0 Å². The molecular formula is C14H32O3Si2. The molecule has 3 nitrogen and oxygen atoms in total. The van der Waals surface area contributed by atoms with E-state index >= 15 is 0 Å². The van der Waals surface area contributed by atoms with Gasteiger partial charge in [-0.3, -0.25) is 4.79 Å². The maximum absolute atomic E-state index is 11.9. The van der Waals surface area contributed by atoms with Crippen LogP contribution in [0.4, 0.5) is 0 Å². The van der Waals surface area contributed by atoms with Crippen molar-refractivity contribution in [2.45, 2.75) is 78.5 Å². The molecule has 0 fully saturated rings. The Morgan fingerprint density at radius 3 is 2.26 bits per heavy atom. The highest BCUT2D eigenvalue weighted by Crippen LogP contribution is 2.29. The Kier molecular flexibility index (Phi) is 9.65. The van der Waals surface area contributed by atoms with Gasteiger partial charge in [0.2, 0.25) is 10.5 Å². The summed E-state index contributed by atoms with van der Waals surface area (Å²) in [6.07, 6.45) is 7.21. The van der Waals surface area contributed by atoms with E-state index in [0.717, 1.165) is 12.8 Å². The number of rotatable bonds is 10. The van der Waals surface area contributed by atoms with Crippen LogP contribution in [-0.4, -0.2) is 31.6 Å². The molecule has 0 spiro atoms. The van der Waals surface area contributed by atoms with E-state index in [1.54, 1.807) is 0 Å². The molecule has 0 N–H and O–H groups in total. The Morgan fingerprint density at radius 1 is 1.21 bits per heavy atom. The maximum atomic E-state index is 11.9. The minimum atomic E-state index is -1.14. The standard InChI is InChI=1S/C14H32O3Si2/c1-6-7-8-9-10-11-12(17-19(4)5)14(2,3)13(15)16-18/h12,19H,6-11H2,1-5,18H3. The van der Waals surface area contributed by atoms with Gasteiger partial charge in [-0.15, -0.1) is 0 Å². The maximum Gasteiger partial charge on any atom is 0.300 e. The summed E-state index contributed by atoms with van der Waals surface area (Å²) in [5.41, 5.74) is -0.510. The van der Waals surface area contributed by atoms with E-state index in [1.165, 1.54) is 25.7 Å². The molecule has 0 aliphatic carbocycles. The summed E-state index contributed by atoms with van der Waals surface area (Å²) in [5.74, 6) is -0.104. The SMILES string of the molecule is CCCCCCCC(O[SiH](C)C)C(C)(C)C(=O)O[SiH3]. The molecule has 0 aliphatic heterocycles. The molecular weight excluding hydrogens is 272 g/mol. The Labute approximate surface area is 123 Å². The molecule has 0 aromatic carbocycles. The molecule has 0 bridgehead atoms. The number of hydrogen-bond donors (Lipinski definition) is 0. The van der Waals surface area contributed by atoms with Gasteiger partial charge in [-0.25, -0.2) is 0 Å². The van der Waals surface area contributed by atoms with Gasteiger partial charge in [-0.2, -0.15) is 0 Å². The van der Waals surface area contributed by atoms with Crippen molar-refractivity contribution in [1.82, 2.24) is 0 Å². The first-order valence-electron chi connectivity index (χ1n) is 7.60. The quantitative estimate of drug-likeness (QED) is 0.460. The molecule has 0 heterocycles. The molecule has 0 radical (unpaired) electrons. The second kappa shape index (κ2) is 9.72. The normalized spacial score (nSPS) is 13.8. The van der Waals surface area contributed by atoms with Gasteiger partial charge in [-0.1, -0.05) is 39.0 Å². The van der Waals surface area contributed by atoms with Crippen molar-refractivity contribution < 1.29 is 13.6 Å². The van der Waals surface area contributed by atoms with E-state index < -0.39 is 14.5 Å². The largest absolute Gasteiger partial charge is 0.528 e. The first-order valence-corrected chi connectivity index (χ1v) is 11.2. The fraction of sp³-hybridized carbons (Fsp3) is 0.929. The molecule has 114 valence electrons. The monoisotopic (exact) mass is 304 g/mol. The van der Waals surface area contributed by atoms with E-state index in [4.69, 9.17) is 8.85 Å². The van der Waals surface area contributed by atoms with Crippen LogP contribution in [0.3, 0.4) is 0 Å². The smallest absolute Gasteiger partial charge is 0.300 e. The first kappa shape index (κ1) is 18.9. The van der Waals surface area contributed by atoms with Gasteiger partial charge in [0.05, 0.1) is 11.5 Å². The van der Waals surface area contributed by atoms with Gasteiger partial charge in [0.25, 0.3) is 5.97 Å². The van der Waals surface area contributed by atoms with Gasteiger partial charge in [0.15, 0.2) is 9.04 Å². The second-order valence-electron chi connectivity index (χ2n) is 6.09. The van der Waals surface area contributed by atoms with Crippen molar-refractivity contribution in [3.8, 4) is 0 Å². The van der Waals surface area contributed by atoms with Crippen LogP contribution < -0.4 is 0 Å². The van der Waals surface area contributed by atoms with Crippen molar-refractivity contribution >= 4 is 25.5 Å². The first-order chi connectivity index (χ1) is 8.86. The summed E-state index contributed by atoms with van der Waals surface area (Å²) in [4.78, 5) is 11.9. The lowest BCUT2D eigenvalue weighted by Gasteiger charge is -2.33. The van der Waals surface area contributed by atoms with E-state index in [-0.39, 0.29) is 12.1 Å². The lowest BCUT2D eigenvalue weighted by Crippen LogP contribution is -2.42. The number of carbonyl (C=O) groups is 1. The Morgan fingerprint density at radius 2 is 1.79 bits per heavy atom. The Bertz CT molecular complexity index is 255. The summed E-state index contributed by atoms with van der Waals surface area (Å²) < 4.78 is 11.2. The topological polar surface area (TPSA) is 35.5 Å². The minimum absolute atomic E-state index is 0.0160. The molecule has 0 rings (SSSR count). The van der Waals surface area contributed by atoms with Crippen molar-refractivity contribution in [3.63, 3.8) is 0 Å². The molecule has 0 saturated heterocycles. The molecule has 1 atom stereocenters. The predicted octanol–water partition coefficient (Wildman–Crippen LogP) is 2.57. The summed E-state index contributed by atoms with van der Waals surface area (Å²) in [7, 11) is -0.681. The second-order valence-corrected chi connectivity index (χ2v) is 8.87. The summed E-state index contributed by atoms with van der Waals surface area (Å²) in [6.45, 7) is 10.5. The highest BCUT2D eigenvalue weighted by atomic mass is 28.3. The number of carbonyl (C=O) groups excluding carboxylic acids is 1. The Hall–Kier alpha value is -0.136. The van der Waals surface area contributed by atoms with E-state index in [9.17, 15) is 4.79 Å². The van der Waals surface area contributed by atoms with Gasteiger partial charge in [0, 0.05) is 0 Å². The highest BCUT2D eigenvalue weighted by Gasteiger charge is 2.38. The van der Waals surface area contributed by atoms with Gasteiger partial charge >= 0.3 is 0 Å². The van der Waals surface area contributed by atoms with Crippen LogP contribution in [0.15, 0.2) is 0 Å². The average Bonchev–Trinajstić information content (AvgIpc) is 2.35. The molecule has 1 unspecified atom stereocenters. The third kappa shape index (κ3) is 7.27. The third-order valence-corrected chi connectivity index (χ3v) is 4.77.